The second-order valence-corrected chi connectivity index (χ2v) is 20.3. The van der Waals surface area contributed by atoms with E-state index in [1.807, 2.05) is 6.92 Å². The summed E-state index contributed by atoms with van der Waals surface area (Å²) in [6.07, 6.45) is 18.6. The normalized spacial score (nSPS) is 23.5. The van der Waals surface area contributed by atoms with Crippen molar-refractivity contribution in [2.75, 3.05) is 45.9 Å². The number of carbonyl (C=O) groups is 2. The Hall–Kier alpha value is -3.36. The first-order chi connectivity index (χ1) is 28.7. The first-order valence-electron chi connectivity index (χ1n) is 23.7. The van der Waals surface area contributed by atoms with E-state index in [9.17, 15) is 9.59 Å². The summed E-state index contributed by atoms with van der Waals surface area (Å²) >= 11 is 0. The van der Waals surface area contributed by atoms with Gasteiger partial charge in [0.25, 0.3) is 0 Å². The third-order valence-corrected chi connectivity index (χ3v) is 13.9. The standard InChI is InChI=1S/C27H41NO3.C25H39NO3/c1-5-30-26(29)7-6-18-28-19-16-22(17-20-28)21-8-12-24(13-9-21)31-25-14-10-23(11-15-25)27(2,3)4;1-25(2,3)21-8-12-23(13-9-21)29-22-10-6-19(7-11-22)20-14-17-26(18-15-20)16-4-5-24(27)28/h8-9,12-13,16,23,25H,5-7,10-11,14-15,17-20H2,1-4H3;6-7,10-11,20-21,23H,4-5,8-9,12-18H2,1-3H3,(H,27,28). The number of carbonyl (C=O) groups excluding carboxylic acids is 1. The van der Waals surface area contributed by atoms with Gasteiger partial charge in [-0.05, 0) is 186 Å². The number of esters is 1. The zero-order valence-corrected chi connectivity index (χ0v) is 38.5. The molecule has 2 saturated carbocycles. The number of piperidine rings is 1. The largest absolute Gasteiger partial charge is 0.490 e. The number of benzene rings is 2. The van der Waals surface area contributed by atoms with Crippen LogP contribution in [0.1, 0.15) is 162 Å². The number of rotatable bonds is 15. The summed E-state index contributed by atoms with van der Waals surface area (Å²) in [6, 6.07) is 17.5. The summed E-state index contributed by atoms with van der Waals surface area (Å²) < 4.78 is 17.6. The number of aliphatic carboxylic acids is 1. The summed E-state index contributed by atoms with van der Waals surface area (Å²) in [7, 11) is 0. The zero-order valence-electron chi connectivity index (χ0n) is 38.5. The molecule has 1 N–H and O–H groups in total. The van der Waals surface area contributed by atoms with Gasteiger partial charge in [-0.2, -0.15) is 0 Å². The summed E-state index contributed by atoms with van der Waals surface area (Å²) in [5.74, 6) is 3.49. The van der Waals surface area contributed by atoms with E-state index in [-0.39, 0.29) is 12.4 Å². The van der Waals surface area contributed by atoms with Gasteiger partial charge in [0, 0.05) is 25.9 Å². The number of likely N-dealkylation sites (tertiary alicyclic amines) is 1. The Labute approximate surface area is 363 Å². The molecule has 0 aromatic heterocycles. The van der Waals surface area contributed by atoms with Gasteiger partial charge in [-0.15, -0.1) is 0 Å². The van der Waals surface area contributed by atoms with Crippen molar-refractivity contribution in [3.63, 3.8) is 0 Å². The molecule has 3 fully saturated rings. The van der Waals surface area contributed by atoms with Crippen LogP contribution in [0.3, 0.4) is 0 Å². The third kappa shape index (κ3) is 15.8. The lowest BCUT2D eigenvalue weighted by Gasteiger charge is -2.37. The van der Waals surface area contributed by atoms with Gasteiger partial charge >= 0.3 is 11.9 Å². The van der Waals surface area contributed by atoms with E-state index in [1.165, 1.54) is 68.1 Å². The van der Waals surface area contributed by atoms with Gasteiger partial charge in [0.1, 0.15) is 11.5 Å². The topological polar surface area (TPSA) is 88.5 Å². The van der Waals surface area contributed by atoms with Gasteiger partial charge in [0.05, 0.1) is 18.8 Å². The van der Waals surface area contributed by atoms with E-state index in [0.717, 1.165) is 94.7 Å². The van der Waals surface area contributed by atoms with Crippen molar-refractivity contribution in [1.29, 1.82) is 0 Å². The quantitative estimate of drug-likeness (QED) is 0.178. The van der Waals surface area contributed by atoms with E-state index >= 15 is 0 Å². The number of hydrogen-bond donors (Lipinski definition) is 1. The van der Waals surface area contributed by atoms with E-state index in [4.69, 9.17) is 19.3 Å². The van der Waals surface area contributed by atoms with Gasteiger partial charge in [-0.25, -0.2) is 0 Å². The van der Waals surface area contributed by atoms with Crippen LogP contribution in [-0.4, -0.2) is 84.9 Å². The first-order valence-corrected chi connectivity index (χ1v) is 23.7. The zero-order chi connectivity index (χ0) is 43.1. The van der Waals surface area contributed by atoms with Crippen LogP contribution in [-0.2, 0) is 14.3 Å². The predicted octanol–water partition coefficient (Wildman–Crippen LogP) is 11.8. The fourth-order valence-corrected chi connectivity index (χ4v) is 9.84. The van der Waals surface area contributed by atoms with Gasteiger partial charge in [-0.3, -0.25) is 14.5 Å². The van der Waals surface area contributed by atoms with Gasteiger partial charge in [0.15, 0.2) is 0 Å². The van der Waals surface area contributed by atoms with E-state index in [2.05, 4.69) is 106 Å². The van der Waals surface area contributed by atoms with Crippen molar-refractivity contribution >= 4 is 17.5 Å². The summed E-state index contributed by atoms with van der Waals surface area (Å²) in [4.78, 5) is 26.9. The molecule has 0 bridgehead atoms. The Kier molecular flexibility index (Phi) is 18.4. The molecule has 60 heavy (non-hydrogen) atoms. The van der Waals surface area contributed by atoms with Crippen molar-refractivity contribution in [2.45, 2.75) is 163 Å². The van der Waals surface area contributed by atoms with Crippen LogP contribution in [0.25, 0.3) is 5.57 Å². The number of carboxylic acid groups (broad SMARTS) is 1. The number of carboxylic acids is 1. The Bertz CT molecular complexity index is 1600. The third-order valence-electron chi connectivity index (χ3n) is 13.9. The van der Waals surface area contributed by atoms with Crippen molar-refractivity contribution < 1.29 is 28.9 Å². The molecule has 2 aliphatic heterocycles. The molecule has 8 heteroatoms. The highest BCUT2D eigenvalue weighted by Gasteiger charge is 2.32. The monoisotopic (exact) mass is 829 g/mol. The lowest BCUT2D eigenvalue weighted by Crippen LogP contribution is -2.33. The Morgan fingerprint density at radius 2 is 1.15 bits per heavy atom. The molecular weight excluding hydrogens is 749 g/mol. The molecule has 2 aromatic carbocycles. The van der Waals surface area contributed by atoms with Gasteiger partial charge < -0.3 is 24.2 Å². The van der Waals surface area contributed by atoms with Crippen LogP contribution in [0.5, 0.6) is 11.5 Å². The minimum atomic E-state index is -0.690. The minimum absolute atomic E-state index is 0.0831. The minimum Gasteiger partial charge on any atom is -0.490 e. The maximum atomic E-state index is 11.5. The van der Waals surface area contributed by atoms with Gasteiger partial charge in [-0.1, -0.05) is 71.9 Å². The molecule has 0 amide bonds. The van der Waals surface area contributed by atoms with Crippen molar-refractivity contribution in [3.8, 4) is 11.5 Å². The molecule has 1 saturated heterocycles. The van der Waals surface area contributed by atoms with Crippen LogP contribution >= 0.6 is 0 Å². The summed E-state index contributed by atoms with van der Waals surface area (Å²) in [6.45, 7) is 22.5. The number of hydrogen-bond acceptors (Lipinski definition) is 7. The van der Waals surface area contributed by atoms with Crippen molar-refractivity contribution in [3.05, 3.63) is 65.7 Å². The maximum absolute atomic E-state index is 11.5. The first kappa shape index (κ1) is 47.7. The fourth-order valence-electron chi connectivity index (χ4n) is 9.84. The second kappa shape index (κ2) is 23.2. The smallest absolute Gasteiger partial charge is 0.305 e. The van der Waals surface area contributed by atoms with Crippen molar-refractivity contribution in [1.82, 2.24) is 9.80 Å². The maximum Gasteiger partial charge on any atom is 0.305 e. The molecule has 0 radical (unpaired) electrons. The Morgan fingerprint density at radius 1 is 0.650 bits per heavy atom. The average molecular weight is 829 g/mol. The number of nitrogens with zero attached hydrogens (tertiary/aromatic N) is 2. The molecule has 6 rings (SSSR count). The van der Waals surface area contributed by atoms with Crippen LogP contribution < -0.4 is 9.47 Å². The Morgan fingerprint density at radius 3 is 1.62 bits per heavy atom. The number of ether oxygens (including phenoxy) is 3. The van der Waals surface area contributed by atoms with Gasteiger partial charge in [0.2, 0.25) is 0 Å². The van der Waals surface area contributed by atoms with Crippen molar-refractivity contribution in [2.24, 2.45) is 22.7 Å². The van der Waals surface area contributed by atoms with E-state index < -0.39 is 5.97 Å². The van der Waals surface area contributed by atoms with Crippen LogP contribution in [0.2, 0.25) is 0 Å². The molecule has 2 aromatic rings. The molecule has 0 unspecified atom stereocenters. The van der Waals surface area contributed by atoms with Crippen LogP contribution in [0, 0.1) is 22.7 Å². The molecule has 2 aliphatic carbocycles. The molecular formula is C52H80N2O6. The molecule has 0 atom stereocenters. The molecule has 4 aliphatic rings. The highest BCUT2D eigenvalue weighted by atomic mass is 16.5. The summed E-state index contributed by atoms with van der Waals surface area (Å²) in [5.41, 5.74) is 4.96. The molecule has 334 valence electrons. The van der Waals surface area contributed by atoms with Crippen LogP contribution in [0.15, 0.2) is 54.6 Å². The summed E-state index contributed by atoms with van der Waals surface area (Å²) in [5, 5.41) is 8.77. The second-order valence-electron chi connectivity index (χ2n) is 20.3. The average Bonchev–Trinajstić information content (AvgIpc) is 3.22. The van der Waals surface area contributed by atoms with Crippen LogP contribution in [0.4, 0.5) is 0 Å². The molecule has 0 spiro atoms. The highest BCUT2D eigenvalue weighted by Crippen LogP contribution is 2.40. The molecule has 8 nitrogen and oxygen atoms in total. The lowest BCUT2D eigenvalue weighted by atomic mass is 9.72. The highest BCUT2D eigenvalue weighted by molar-refractivity contribution is 5.69. The Balaban J connectivity index is 0.000000228. The molecule has 2 heterocycles. The predicted molar refractivity (Wildman–Crippen MR) is 245 cm³/mol. The lowest BCUT2D eigenvalue weighted by molar-refractivity contribution is -0.143. The fraction of sp³-hybridized carbons (Fsp3) is 0.692. The SMILES string of the molecule is CC(C)(C)C1CCC(Oc2ccc(C3CCN(CCCC(=O)O)CC3)cc2)CC1.CCOC(=O)CCCN1CC=C(c2ccc(OC3CCC(C(C)(C)C)CC3)cc2)CC1. The van der Waals surface area contributed by atoms with E-state index in [1.54, 1.807) is 0 Å². The van der Waals surface area contributed by atoms with E-state index in [0.29, 0.717) is 42.0 Å².